The summed E-state index contributed by atoms with van der Waals surface area (Å²) in [6, 6.07) is 8.28. The second kappa shape index (κ2) is 4.90. The molecule has 5 heteroatoms. The number of para-hydroxylation sites is 1. The van der Waals surface area contributed by atoms with E-state index in [2.05, 4.69) is 21.5 Å². The maximum atomic E-state index is 5.89. The van der Waals surface area contributed by atoms with Crippen LogP contribution < -0.4 is 10.1 Å². The van der Waals surface area contributed by atoms with Crippen molar-refractivity contribution in [3.63, 3.8) is 0 Å². The third kappa shape index (κ3) is 2.08. The van der Waals surface area contributed by atoms with Gasteiger partial charge in [-0.15, -0.1) is 0 Å². The quantitative estimate of drug-likeness (QED) is 0.909. The third-order valence-electron chi connectivity index (χ3n) is 4.00. The van der Waals surface area contributed by atoms with Gasteiger partial charge in [-0.05, 0) is 31.0 Å². The van der Waals surface area contributed by atoms with Crippen molar-refractivity contribution in [2.75, 3.05) is 6.54 Å². The Hall–Kier alpha value is -1.88. The smallest absolute Gasteiger partial charge is 0.243 e. The lowest BCUT2D eigenvalue weighted by Gasteiger charge is -2.19. The molecule has 1 aromatic carbocycles. The molecule has 2 aliphatic rings. The predicted octanol–water partition coefficient (Wildman–Crippen LogP) is 2.56. The fraction of sp³-hybridized carbons (Fsp3) is 0.467. The van der Waals surface area contributed by atoms with Crippen molar-refractivity contribution in [2.45, 2.75) is 37.8 Å². The summed E-state index contributed by atoms with van der Waals surface area (Å²) in [6.45, 7) is 1.02. The van der Waals surface area contributed by atoms with Gasteiger partial charge in [0.2, 0.25) is 11.7 Å². The molecule has 2 atom stereocenters. The van der Waals surface area contributed by atoms with Gasteiger partial charge in [-0.25, -0.2) is 0 Å². The molecule has 3 heterocycles. The Balaban J connectivity index is 1.52. The fourth-order valence-electron chi connectivity index (χ4n) is 2.91. The highest BCUT2D eigenvalue weighted by molar-refractivity contribution is 5.37. The zero-order chi connectivity index (χ0) is 13.4. The lowest BCUT2D eigenvalue weighted by atomic mass is 10.1. The van der Waals surface area contributed by atoms with E-state index < -0.39 is 0 Å². The Morgan fingerprint density at radius 1 is 1.20 bits per heavy atom. The van der Waals surface area contributed by atoms with E-state index in [0.717, 1.165) is 25.1 Å². The summed E-state index contributed by atoms with van der Waals surface area (Å²) in [6.07, 6.45) is 4.19. The standard InChI is InChI=1S/C15H17N3O2/c1-2-7-12-10(5-1)9-13(19-12)14-17-15(20-18-14)11-6-3-4-8-16-11/h1-2,5,7,11,13,16H,3-4,6,8-9H2/t11-,13?/m1/s1. The molecule has 1 fully saturated rings. The first-order chi connectivity index (χ1) is 9.90. The molecule has 20 heavy (non-hydrogen) atoms. The summed E-state index contributed by atoms with van der Waals surface area (Å²) in [5.41, 5.74) is 1.21. The minimum Gasteiger partial charge on any atom is -0.482 e. The number of hydrogen-bond acceptors (Lipinski definition) is 5. The monoisotopic (exact) mass is 271 g/mol. The maximum absolute atomic E-state index is 5.89. The average molecular weight is 271 g/mol. The van der Waals surface area contributed by atoms with Crippen LogP contribution in [-0.2, 0) is 6.42 Å². The minimum absolute atomic E-state index is 0.117. The Kier molecular flexibility index (Phi) is 2.92. The molecule has 0 amide bonds. The summed E-state index contributed by atoms with van der Waals surface area (Å²) in [5, 5.41) is 7.52. The molecular weight excluding hydrogens is 254 g/mol. The van der Waals surface area contributed by atoms with E-state index in [9.17, 15) is 0 Å². The highest BCUT2D eigenvalue weighted by Crippen LogP contribution is 2.35. The summed E-state index contributed by atoms with van der Waals surface area (Å²) in [4.78, 5) is 4.53. The van der Waals surface area contributed by atoms with E-state index >= 15 is 0 Å². The molecule has 1 saturated heterocycles. The van der Waals surface area contributed by atoms with Crippen LogP contribution in [0.4, 0.5) is 0 Å². The van der Waals surface area contributed by atoms with Gasteiger partial charge in [0.25, 0.3) is 0 Å². The number of ether oxygens (including phenoxy) is 1. The first kappa shape index (κ1) is 11.9. The molecule has 104 valence electrons. The number of hydrogen-bond donors (Lipinski definition) is 1. The summed E-state index contributed by atoms with van der Waals surface area (Å²) in [7, 11) is 0. The van der Waals surface area contributed by atoms with Crippen LogP contribution in [0.15, 0.2) is 28.8 Å². The highest BCUT2D eigenvalue weighted by atomic mass is 16.5. The van der Waals surface area contributed by atoms with Gasteiger partial charge in [-0.1, -0.05) is 29.8 Å². The van der Waals surface area contributed by atoms with Crippen molar-refractivity contribution < 1.29 is 9.26 Å². The minimum atomic E-state index is -0.117. The van der Waals surface area contributed by atoms with Crippen LogP contribution in [0.1, 0.15) is 48.7 Å². The molecule has 4 rings (SSSR count). The molecule has 2 aromatic rings. The van der Waals surface area contributed by atoms with Crippen LogP contribution in [0.25, 0.3) is 0 Å². The van der Waals surface area contributed by atoms with Crippen molar-refractivity contribution in [2.24, 2.45) is 0 Å². The van der Waals surface area contributed by atoms with Crippen molar-refractivity contribution in [1.29, 1.82) is 0 Å². The third-order valence-corrected chi connectivity index (χ3v) is 4.00. The number of benzene rings is 1. The molecule has 0 bridgehead atoms. The topological polar surface area (TPSA) is 60.2 Å². The molecule has 1 unspecified atom stereocenters. The normalized spacial score (nSPS) is 25.2. The van der Waals surface area contributed by atoms with Crippen LogP contribution in [0.3, 0.4) is 0 Å². The number of piperidine rings is 1. The molecule has 0 aliphatic carbocycles. The van der Waals surface area contributed by atoms with Crippen molar-refractivity contribution in [3.8, 4) is 5.75 Å². The zero-order valence-electron chi connectivity index (χ0n) is 11.2. The average Bonchev–Trinajstić information content (AvgIpc) is 3.14. The fourth-order valence-corrected chi connectivity index (χ4v) is 2.91. The van der Waals surface area contributed by atoms with Crippen LogP contribution in [0.2, 0.25) is 0 Å². The zero-order valence-corrected chi connectivity index (χ0v) is 11.2. The van der Waals surface area contributed by atoms with Gasteiger partial charge in [-0.2, -0.15) is 4.98 Å². The van der Waals surface area contributed by atoms with Crippen molar-refractivity contribution >= 4 is 0 Å². The molecule has 1 N–H and O–H groups in total. The first-order valence-corrected chi connectivity index (χ1v) is 7.21. The Labute approximate surface area is 117 Å². The van der Waals surface area contributed by atoms with E-state index in [1.165, 1.54) is 18.4 Å². The number of rotatable bonds is 2. The summed E-state index contributed by atoms with van der Waals surface area (Å²) < 4.78 is 11.3. The molecule has 0 spiro atoms. The van der Waals surface area contributed by atoms with Gasteiger partial charge >= 0.3 is 0 Å². The largest absolute Gasteiger partial charge is 0.482 e. The first-order valence-electron chi connectivity index (χ1n) is 7.21. The van der Waals surface area contributed by atoms with Crippen LogP contribution in [0.5, 0.6) is 5.75 Å². The lowest BCUT2D eigenvalue weighted by Crippen LogP contribution is -2.27. The lowest BCUT2D eigenvalue weighted by molar-refractivity contribution is 0.220. The molecule has 0 saturated carbocycles. The van der Waals surface area contributed by atoms with Gasteiger partial charge in [0, 0.05) is 6.42 Å². The summed E-state index contributed by atoms with van der Waals surface area (Å²) in [5.74, 6) is 2.28. The van der Waals surface area contributed by atoms with Crippen molar-refractivity contribution in [3.05, 3.63) is 41.5 Å². The van der Waals surface area contributed by atoms with Gasteiger partial charge in [0.05, 0.1) is 6.04 Å². The van der Waals surface area contributed by atoms with E-state index in [4.69, 9.17) is 9.26 Å². The second-order valence-corrected chi connectivity index (χ2v) is 5.41. The van der Waals surface area contributed by atoms with E-state index in [-0.39, 0.29) is 12.1 Å². The van der Waals surface area contributed by atoms with Gasteiger partial charge in [0.1, 0.15) is 5.75 Å². The van der Waals surface area contributed by atoms with Gasteiger partial charge in [-0.3, -0.25) is 0 Å². The number of nitrogens with one attached hydrogen (secondary N) is 1. The van der Waals surface area contributed by atoms with E-state index in [1.54, 1.807) is 0 Å². The van der Waals surface area contributed by atoms with Crippen molar-refractivity contribution in [1.82, 2.24) is 15.5 Å². The van der Waals surface area contributed by atoms with Gasteiger partial charge < -0.3 is 14.6 Å². The van der Waals surface area contributed by atoms with E-state index in [1.807, 2.05) is 18.2 Å². The number of aromatic nitrogens is 2. The maximum Gasteiger partial charge on any atom is 0.243 e. The van der Waals surface area contributed by atoms with Crippen LogP contribution in [-0.4, -0.2) is 16.7 Å². The van der Waals surface area contributed by atoms with Crippen LogP contribution >= 0.6 is 0 Å². The van der Waals surface area contributed by atoms with Crippen LogP contribution in [0, 0.1) is 0 Å². The molecule has 1 aromatic heterocycles. The van der Waals surface area contributed by atoms with Gasteiger partial charge in [0.15, 0.2) is 6.10 Å². The summed E-state index contributed by atoms with van der Waals surface area (Å²) >= 11 is 0. The highest BCUT2D eigenvalue weighted by Gasteiger charge is 2.29. The number of nitrogens with zero attached hydrogens (tertiary/aromatic N) is 2. The number of fused-ring (bicyclic) bond motifs is 1. The molecule has 0 radical (unpaired) electrons. The molecular formula is C15H17N3O2. The molecule has 2 aliphatic heterocycles. The Bertz CT molecular complexity index is 580. The second-order valence-electron chi connectivity index (χ2n) is 5.41. The van der Waals surface area contributed by atoms with E-state index in [0.29, 0.717) is 11.7 Å². The Morgan fingerprint density at radius 2 is 2.15 bits per heavy atom. The predicted molar refractivity (Wildman–Crippen MR) is 72.4 cm³/mol. The Morgan fingerprint density at radius 3 is 3.00 bits per heavy atom. The SMILES string of the molecule is c1ccc2c(c1)CC(c1noc([C@H]3CCCCN3)n1)O2. The molecule has 5 nitrogen and oxygen atoms in total.